The molecule has 1 amide bonds. The van der Waals surface area contributed by atoms with Crippen molar-refractivity contribution >= 4 is 5.91 Å². The van der Waals surface area contributed by atoms with E-state index in [1.807, 2.05) is 13.8 Å². The fourth-order valence-electron chi connectivity index (χ4n) is 2.67. The van der Waals surface area contributed by atoms with E-state index in [1.165, 1.54) is 12.3 Å². The minimum absolute atomic E-state index is 0.130. The lowest BCUT2D eigenvalue weighted by Gasteiger charge is -2.07. The fraction of sp³-hybridized carbons (Fsp3) is 0.412. The van der Waals surface area contributed by atoms with Crippen molar-refractivity contribution in [1.82, 2.24) is 15.3 Å². The molecule has 2 aromatic heterocycles. The van der Waals surface area contributed by atoms with Crippen LogP contribution in [0.2, 0.25) is 0 Å². The van der Waals surface area contributed by atoms with Gasteiger partial charge in [-0.15, -0.1) is 0 Å². The van der Waals surface area contributed by atoms with E-state index in [9.17, 15) is 18.0 Å². The Morgan fingerprint density at radius 2 is 2.04 bits per heavy atom. The number of amides is 1. The zero-order chi connectivity index (χ0) is 17.5. The van der Waals surface area contributed by atoms with Crippen molar-refractivity contribution < 1.29 is 18.0 Å². The average Bonchev–Trinajstić information content (AvgIpc) is 3.28. The zero-order valence-electron chi connectivity index (χ0n) is 13.4. The number of aromatic nitrogens is 2. The van der Waals surface area contributed by atoms with Gasteiger partial charge in [-0.3, -0.25) is 9.78 Å². The normalized spacial score (nSPS) is 14.7. The van der Waals surface area contributed by atoms with Gasteiger partial charge in [0.1, 0.15) is 11.4 Å². The van der Waals surface area contributed by atoms with Gasteiger partial charge in [0.2, 0.25) is 0 Å². The average molecular weight is 337 g/mol. The van der Waals surface area contributed by atoms with Crippen LogP contribution >= 0.6 is 0 Å². The number of aromatic amines is 1. The lowest BCUT2D eigenvalue weighted by Crippen LogP contribution is -2.26. The lowest BCUT2D eigenvalue weighted by atomic mass is 10.0. The van der Waals surface area contributed by atoms with Crippen molar-refractivity contribution in [3.8, 4) is 0 Å². The fourth-order valence-corrected chi connectivity index (χ4v) is 2.67. The van der Waals surface area contributed by atoms with Crippen LogP contribution in [-0.2, 0) is 12.6 Å². The summed E-state index contributed by atoms with van der Waals surface area (Å²) in [6, 6.07) is 2.67. The first-order chi connectivity index (χ1) is 11.3. The Labute approximate surface area is 137 Å². The molecule has 1 aliphatic carbocycles. The summed E-state index contributed by atoms with van der Waals surface area (Å²) in [5, 5.41) is 2.93. The standard InChI is InChI=1S/C17H18F3N3O/c1-9-13(7-11-3-6-14(21-8-11)17(18,19)20)10(2)22-15(9)16(24)23-12-4-5-12/h3,6,8,12,22H,4-5,7H2,1-2H3,(H,23,24). The summed E-state index contributed by atoms with van der Waals surface area (Å²) in [4.78, 5) is 18.8. The summed E-state index contributed by atoms with van der Waals surface area (Å²) in [6.07, 6.45) is -0.760. The number of carbonyl (C=O) groups excluding carboxylic acids is 1. The summed E-state index contributed by atoms with van der Waals surface area (Å²) >= 11 is 0. The monoisotopic (exact) mass is 337 g/mol. The van der Waals surface area contributed by atoms with Crippen LogP contribution in [0.4, 0.5) is 13.2 Å². The largest absolute Gasteiger partial charge is 0.433 e. The molecule has 4 nitrogen and oxygen atoms in total. The molecule has 0 aromatic carbocycles. The molecule has 0 radical (unpaired) electrons. The number of nitrogens with one attached hydrogen (secondary N) is 2. The molecule has 3 rings (SSSR count). The smallest absolute Gasteiger partial charge is 0.354 e. The molecule has 0 spiro atoms. The number of hydrogen-bond acceptors (Lipinski definition) is 2. The van der Waals surface area contributed by atoms with Gasteiger partial charge in [-0.2, -0.15) is 13.2 Å². The number of pyridine rings is 1. The Hall–Kier alpha value is -2.31. The highest BCUT2D eigenvalue weighted by Gasteiger charge is 2.32. The topological polar surface area (TPSA) is 57.8 Å². The Balaban J connectivity index is 1.79. The maximum atomic E-state index is 12.6. The molecule has 0 saturated heterocycles. The molecule has 1 fully saturated rings. The van der Waals surface area contributed by atoms with Crippen molar-refractivity contribution in [1.29, 1.82) is 0 Å². The molecule has 2 aromatic rings. The third kappa shape index (κ3) is 3.44. The number of H-pyrrole nitrogens is 1. The molecular weight excluding hydrogens is 319 g/mol. The Morgan fingerprint density at radius 3 is 2.58 bits per heavy atom. The maximum absolute atomic E-state index is 12.6. The molecule has 24 heavy (non-hydrogen) atoms. The van der Waals surface area contributed by atoms with Gasteiger partial charge in [-0.25, -0.2) is 0 Å². The van der Waals surface area contributed by atoms with Crippen LogP contribution in [0, 0.1) is 13.8 Å². The maximum Gasteiger partial charge on any atom is 0.433 e. The van der Waals surface area contributed by atoms with Crippen molar-refractivity contribution in [2.75, 3.05) is 0 Å². The summed E-state index contributed by atoms with van der Waals surface area (Å²) in [5.74, 6) is -0.130. The number of halogens is 3. The molecule has 1 saturated carbocycles. The van der Waals surface area contributed by atoms with Gasteiger partial charge in [-0.1, -0.05) is 6.07 Å². The molecule has 7 heteroatoms. The molecule has 0 unspecified atom stereocenters. The molecular formula is C17H18F3N3O. The van der Waals surface area contributed by atoms with Gasteiger partial charge >= 0.3 is 6.18 Å². The first-order valence-electron chi connectivity index (χ1n) is 7.76. The van der Waals surface area contributed by atoms with Crippen LogP contribution in [0.1, 0.15) is 51.4 Å². The minimum Gasteiger partial charge on any atom is -0.354 e. The summed E-state index contributed by atoms with van der Waals surface area (Å²) in [6.45, 7) is 3.70. The van der Waals surface area contributed by atoms with Crippen LogP contribution < -0.4 is 5.32 Å². The Bertz CT molecular complexity index is 759. The Morgan fingerprint density at radius 1 is 1.33 bits per heavy atom. The third-order valence-electron chi connectivity index (χ3n) is 4.23. The van der Waals surface area contributed by atoms with Crippen LogP contribution in [0.15, 0.2) is 18.3 Å². The van der Waals surface area contributed by atoms with E-state index in [-0.39, 0.29) is 11.9 Å². The van der Waals surface area contributed by atoms with E-state index in [1.54, 1.807) is 0 Å². The first kappa shape index (κ1) is 16.5. The number of aryl methyl sites for hydroxylation is 1. The van der Waals surface area contributed by atoms with Crippen LogP contribution in [0.25, 0.3) is 0 Å². The van der Waals surface area contributed by atoms with E-state index in [0.717, 1.165) is 35.7 Å². The van der Waals surface area contributed by atoms with Gasteiger partial charge < -0.3 is 10.3 Å². The quantitative estimate of drug-likeness (QED) is 0.897. The van der Waals surface area contributed by atoms with Gasteiger partial charge in [0.05, 0.1) is 0 Å². The third-order valence-corrected chi connectivity index (χ3v) is 4.23. The molecule has 0 bridgehead atoms. The highest BCUT2D eigenvalue weighted by molar-refractivity contribution is 5.94. The molecule has 2 N–H and O–H groups in total. The van der Waals surface area contributed by atoms with Crippen molar-refractivity contribution in [3.63, 3.8) is 0 Å². The molecule has 0 atom stereocenters. The Kier molecular flexibility index (Phi) is 4.11. The van der Waals surface area contributed by atoms with Crippen LogP contribution in [0.5, 0.6) is 0 Å². The predicted molar refractivity (Wildman–Crippen MR) is 82.8 cm³/mol. The van der Waals surface area contributed by atoms with Gasteiger partial charge in [0.25, 0.3) is 5.91 Å². The highest BCUT2D eigenvalue weighted by Crippen LogP contribution is 2.28. The number of carbonyl (C=O) groups is 1. The van der Waals surface area contributed by atoms with E-state index in [0.29, 0.717) is 17.7 Å². The van der Waals surface area contributed by atoms with E-state index in [4.69, 9.17) is 0 Å². The van der Waals surface area contributed by atoms with Gasteiger partial charge in [-0.05, 0) is 49.4 Å². The molecule has 0 aliphatic heterocycles. The number of hydrogen-bond donors (Lipinski definition) is 2. The predicted octanol–water partition coefficient (Wildman–Crippen LogP) is 3.53. The van der Waals surface area contributed by atoms with Gasteiger partial charge in [0, 0.05) is 24.4 Å². The molecule has 1 aliphatic rings. The minimum atomic E-state index is -4.44. The summed E-state index contributed by atoms with van der Waals surface area (Å²) in [5.41, 5.74) is 2.87. The number of rotatable bonds is 4. The summed E-state index contributed by atoms with van der Waals surface area (Å²) < 4.78 is 37.7. The second-order valence-electron chi connectivity index (χ2n) is 6.20. The highest BCUT2D eigenvalue weighted by atomic mass is 19.4. The number of alkyl halides is 3. The van der Waals surface area contributed by atoms with Crippen molar-refractivity contribution in [2.45, 2.75) is 45.3 Å². The zero-order valence-corrected chi connectivity index (χ0v) is 13.4. The van der Waals surface area contributed by atoms with E-state index in [2.05, 4.69) is 15.3 Å². The lowest BCUT2D eigenvalue weighted by molar-refractivity contribution is -0.141. The van der Waals surface area contributed by atoms with Gasteiger partial charge in [0.15, 0.2) is 0 Å². The second kappa shape index (κ2) is 5.96. The SMILES string of the molecule is Cc1[nH]c(C(=O)NC2CC2)c(C)c1Cc1ccc(C(F)(F)F)nc1. The number of nitrogens with zero attached hydrogens (tertiary/aromatic N) is 1. The first-order valence-corrected chi connectivity index (χ1v) is 7.76. The van der Waals surface area contributed by atoms with E-state index < -0.39 is 11.9 Å². The van der Waals surface area contributed by atoms with Crippen LogP contribution in [0.3, 0.4) is 0 Å². The molecule has 2 heterocycles. The van der Waals surface area contributed by atoms with E-state index >= 15 is 0 Å². The van der Waals surface area contributed by atoms with Crippen LogP contribution in [-0.4, -0.2) is 21.9 Å². The molecule has 128 valence electrons. The van der Waals surface area contributed by atoms with Crippen molar-refractivity contribution in [2.24, 2.45) is 0 Å². The second-order valence-corrected chi connectivity index (χ2v) is 6.20. The summed E-state index contributed by atoms with van der Waals surface area (Å²) in [7, 11) is 0. The van der Waals surface area contributed by atoms with Crippen molar-refractivity contribution in [3.05, 3.63) is 52.1 Å².